The second-order valence-corrected chi connectivity index (χ2v) is 7.85. The SMILES string of the molecule is Cc1cc(CC2(C(=O)O)CSC(c3ccc4ccccc4c3)=N2)[nH]c1C. The van der Waals surface area contributed by atoms with Gasteiger partial charge in [-0.3, -0.25) is 4.99 Å². The number of rotatable bonds is 4. The number of carbonyl (C=O) groups is 1. The minimum atomic E-state index is -1.12. The molecule has 0 saturated carbocycles. The van der Waals surface area contributed by atoms with Crippen LogP contribution in [0.2, 0.25) is 0 Å². The van der Waals surface area contributed by atoms with Crippen molar-refractivity contribution in [1.29, 1.82) is 0 Å². The van der Waals surface area contributed by atoms with E-state index >= 15 is 0 Å². The van der Waals surface area contributed by atoms with Crippen molar-refractivity contribution in [3.05, 3.63) is 71.0 Å². The van der Waals surface area contributed by atoms with Crippen LogP contribution >= 0.6 is 11.8 Å². The number of aliphatic carboxylic acids is 1. The van der Waals surface area contributed by atoms with Gasteiger partial charge in [-0.05, 0) is 42.3 Å². The Morgan fingerprint density at radius 1 is 1.19 bits per heavy atom. The minimum Gasteiger partial charge on any atom is -0.479 e. The number of benzene rings is 2. The maximum Gasteiger partial charge on any atom is 0.332 e. The topological polar surface area (TPSA) is 65.4 Å². The Hall–Kier alpha value is -2.53. The van der Waals surface area contributed by atoms with Gasteiger partial charge in [0.05, 0.1) is 5.04 Å². The molecule has 1 aliphatic heterocycles. The number of H-pyrrole nitrogens is 1. The molecule has 0 spiro atoms. The number of hydrogen-bond donors (Lipinski definition) is 2. The molecular weight excluding hydrogens is 344 g/mol. The summed E-state index contributed by atoms with van der Waals surface area (Å²) in [5.41, 5.74) is 3.01. The van der Waals surface area contributed by atoms with E-state index in [4.69, 9.17) is 4.99 Å². The zero-order valence-electron chi connectivity index (χ0n) is 14.7. The van der Waals surface area contributed by atoms with Crippen molar-refractivity contribution in [3.8, 4) is 0 Å². The minimum absolute atomic E-state index is 0.376. The highest BCUT2D eigenvalue weighted by atomic mass is 32.2. The second kappa shape index (κ2) is 6.32. The molecule has 1 aromatic heterocycles. The third-order valence-electron chi connectivity index (χ3n) is 4.97. The van der Waals surface area contributed by atoms with Crippen LogP contribution in [-0.2, 0) is 11.2 Å². The molecule has 2 heterocycles. The molecule has 0 fully saturated rings. The van der Waals surface area contributed by atoms with Crippen LogP contribution in [0.15, 0.2) is 53.5 Å². The third kappa shape index (κ3) is 2.92. The molecule has 0 saturated heterocycles. The highest BCUT2D eigenvalue weighted by molar-refractivity contribution is 8.14. The summed E-state index contributed by atoms with van der Waals surface area (Å²) in [5.74, 6) is -0.424. The molecule has 1 atom stereocenters. The van der Waals surface area contributed by atoms with E-state index < -0.39 is 11.5 Å². The number of nitrogens with one attached hydrogen (secondary N) is 1. The highest BCUT2D eigenvalue weighted by Crippen LogP contribution is 2.35. The lowest BCUT2D eigenvalue weighted by atomic mass is 9.96. The first-order chi connectivity index (χ1) is 12.5. The number of carboxylic acid groups (broad SMARTS) is 1. The summed E-state index contributed by atoms with van der Waals surface area (Å²) in [5, 5.41) is 13.0. The van der Waals surface area contributed by atoms with Crippen LogP contribution < -0.4 is 0 Å². The largest absolute Gasteiger partial charge is 0.479 e. The number of hydrogen-bond acceptors (Lipinski definition) is 3. The van der Waals surface area contributed by atoms with Gasteiger partial charge in [0, 0.05) is 29.1 Å². The molecule has 1 aliphatic rings. The highest BCUT2D eigenvalue weighted by Gasteiger charge is 2.43. The Kier molecular flexibility index (Phi) is 4.11. The fraction of sp³-hybridized carbons (Fsp3) is 0.238. The van der Waals surface area contributed by atoms with Gasteiger partial charge < -0.3 is 10.1 Å². The Balaban J connectivity index is 1.70. The molecule has 0 aliphatic carbocycles. The van der Waals surface area contributed by atoms with Crippen molar-refractivity contribution in [2.75, 3.05) is 5.75 Å². The van der Waals surface area contributed by atoms with Gasteiger partial charge >= 0.3 is 5.97 Å². The molecule has 3 aromatic rings. The van der Waals surface area contributed by atoms with Gasteiger partial charge in [-0.15, -0.1) is 11.8 Å². The van der Waals surface area contributed by atoms with Crippen LogP contribution in [-0.4, -0.2) is 32.4 Å². The lowest BCUT2D eigenvalue weighted by Crippen LogP contribution is -2.39. The molecule has 26 heavy (non-hydrogen) atoms. The molecule has 2 aromatic carbocycles. The molecule has 0 amide bonds. The average Bonchev–Trinajstić information content (AvgIpc) is 3.19. The van der Waals surface area contributed by atoms with E-state index in [9.17, 15) is 9.90 Å². The van der Waals surface area contributed by atoms with Crippen molar-refractivity contribution in [2.24, 2.45) is 4.99 Å². The third-order valence-corrected chi connectivity index (χ3v) is 6.19. The average molecular weight is 364 g/mol. The van der Waals surface area contributed by atoms with Crippen molar-refractivity contribution in [1.82, 2.24) is 4.98 Å². The molecule has 4 rings (SSSR count). The molecule has 1 unspecified atom stereocenters. The van der Waals surface area contributed by atoms with E-state index in [0.717, 1.165) is 32.9 Å². The maximum atomic E-state index is 12.1. The van der Waals surface area contributed by atoms with E-state index in [1.165, 1.54) is 17.1 Å². The van der Waals surface area contributed by atoms with Crippen LogP contribution in [0.1, 0.15) is 22.5 Å². The molecule has 0 radical (unpaired) electrons. The lowest BCUT2D eigenvalue weighted by Gasteiger charge is -2.19. The van der Waals surface area contributed by atoms with Crippen LogP contribution in [0.4, 0.5) is 0 Å². The van der Waals surface area contributed by atoms with Crippen LogP contribution in [0.5, 0.6) is 0 Å². The zero-order valence-corrected chi connectivity index (χ0v) is 15.6. The zero-order chi connectivity index (χ0) is 18.3. The number of aromatic amines is 1. The summed E-state index contributed by atoms with van der Waals surface area (Å²) >= 11 is 1.52. The van der Waals surface area contributed by atoms with E-state index in [1.54, 1.807) is 0 Å². The van der Waals surface area contributed by atoms with Crippen molar-refractivity contribution in [2.45, 2.75) is 25.8 Å². The summed E-state index contributed by atoms with van der Waals surface area (Å²) in [7, 11) is 0. The predicted octanol–water partition coefficient (Wildman–Crippen LogP) is 4.34. The summed E-state index contributed by atoms with van der Waals surface area (Å²) in [4.78, 5) is 20.1. The Morgan fingerprint density at radius 2 is 1.96 bits per heavy atom. The number of aryl methyl sites for hydroxylation is 2. The second-order valence-electron chi connectivity index (χ2n) is 6.88. The van der Waals surface area contributed by atoms with Crippen molar-refractivity contribution in [3.63, 3.8) is 0 Å². The summed E-state index contributed by atoms with van der Waals surface area (Å²) < 4.78 is 0. The first kappa shape index (κ1) is 16.9. The maximum absolute atomic E-state index is 12.1. The predicted molar refractivity (Wildman–Crippen MR) is 107 cm³/mol. The first-order valence-electron chi connectivity index (χ1n) is 8.57. The van der Waals surface area contributed by atoms with Crippen LogP contribution in [0.3, 0.4) is 0 Å². The van der Waals surface area contributed by atoms with Gasteiger partial charge in [-0.25, -0.2) is 4.79 Å². The fourth-order valence-corrected chi connectivity index (χ4v) is 4.55. The van der Waals surface area contributed by atoms with Gasteiger partial charge in [0.15, 0.2) is 5.54 Å². The Morgan fingerprint density at radius 3 is 2.65 bits per heavy atom. The van der Waals surface area contributed by atoms with E-state index in [0.29, 0.717) is 12.2 Å². The standard InChI is InChI=1S/C21H20N2O2S/c1-13-9-18(22-14(13)2)11-21(20(24)25)12-26-19(23-21)17-8-7-15-5-3-4-6-16(15)10-17/h3-10,22H,11-12H2,1-2H3,(H,24,25). The fourth-order valence-electron chi connectivity index (χ4n) is 3.35. The summed E-state index contributed by atoms with van der Waals surface area (Å²) in [6, 6.07) is 16.3. The van der Waals surface area contributed by atoms with Crippen molar-refractivity contribution >= 4 is 33.5 Å². The molecule has 4 nitrogen and oxygen atoms in total. The van der Waals surface area contributed by atoms with E-state index in [2.05, 4.69) is 29.2 Å². The Bertz CT molecular complexity index is 1020. The smallest absolute Gasteiger partial charge is 0.332 e. The quantitative estimate of drug-likeness (QED) is 0.723. The monoisotopic (exact) mass is 364 g/mol. The first-order valence-corrected chi connectivity index (χ1v) is 9.56. The summed E-state index contributed by atoms with van der Waals surface area (Å²) in [6.45, 7) is 4.02. The van der Waals surface area contributed by atoms with E-state index in [-0.39, 0.29) is 0 Å². The number of thioether (sulfide) groups is 1. The van der Waals surface area contributed by atoms with Crippen LogP contribution in [0, 0.1) is 13.8 Å². The molecule has 132 valence electrons. The van der Waals surface area contributed by atoms with Gasteiger partial charge in [0.25, 0.3) is 0 Å². The van der Waals surface area contributed by atoms with Gasteiger partial charge in [0.2, 0.25) is 0 Å². The molecule has 0 bridgehead atoms. The lowest BCUT2D eigenvalue weighted by molar-refractivity contribution is -0.142. The van der Waals surface area contributed by atoms with Crippen molar-refractivity contribution < 1.29 is 9.90 Å². The molecular formula is C21H20N2O2S. The van der Waals surface area contributed by atoms with Gasteiger partial charge in [0.1, 0.15) is 0 Å². The number of aliphatic imine (C=N–C) groups is 1. The number of carboxylic acids is 1. The number of aromatic nitrogens is 1. The molecule has 2 N–H and O–H groups in total. The van der Waals surface area contributed by atoms with Gasteiger partial charge in [-0.1, -0.05) is 36.4 Å². The van der Waals surface area contributed by atoms with Crippen LogP contribution in [0.25, 0.3) is 10.8 Å². The number of nitrogens with zero attached hydrogens (tertiary/aromatic N) is 1. The molecule has 5 heteroatoms. The number of fused-ring (bicyclic) bond motifs is 1. The van der Waals surface area contributed by atoms with Gasteiger partial charge in [-0.2, -0.15) is 0 Å². The summed E-state index contributed by atoms with van der Waals surface area (Å²) in [6.07, 6.45) is 0.376. The normalized spacial score (nSPS) is 19.7. The van der Waals surface area contributed by atoms with E-state index in [1.807, 2.05) is 38.1 Å². The Labute approximate surface area is 156 Å².